The summed E-state index contributed by atoms with van der Waals surface area (Å²) in [6.45, 7) is 0.376. The van der Waals surface area contributed by atoms with Crippen LogP contribution in [-0.4, -0.2) is 25.8 Å². The van der Waals surface area contributed by atoms with Crippen molar-refractivity contribution in [2.24, 2.45) is 0 Å². The summed E-state index contributed by atoms with van der Waals surface area (Å²) in [5, 5.41) is 7.47. The molecule has 0 atom stereocenters. The molecule has 154 valence electrons. The lowest BCUT2D eigenvalue weighted by atomic mass is 10.1. The van der Waals surface area contributed by atoms with Gasteiger partial charge in [0.05, 0.1) is 34.9 Å². The maximum Gasteiger partial charge on any atom is 0.417 e. The zero-order valence-corrected chi connectivity index (χ0v) is 16.0. The molecule has 0 bridgehead atoms. The van der Waals surface area contributed by atoms with Crippen molar-refractivity contribution in [3.05, 3.63) is 87.6 Å². The highest BCUT2D eigenvalue weighted by atomic mass is 35.5. The number of aromatic nitrogens is 3. The number of amides is 1. The summed E-state index contributed by atoms with van der Waals surface area (Å²) in [6.07, 6.45) is -1.62. The van der Waals surface area contributed by atoms with Crippen LogP contribution < -0.4 is 0 Å². The van der Waals surface area contributed by atoms with Gasteiger partial charge < -0.3 is 4.90 Å². The Morgan fingerprint density at radius 1 is 1.13 bits per heavy atom. The van der Waals surface area contributed by atoms with E-state index in [4.69, 9.17) is 11.6 Å². The fourth-order valence-corrected chi connectivity index (χ4v) is 3.43. The standard InChI is InChI=1S/C20H13ClF4N4O/c21-18-14(2-1-3-15(18)20(23,24)25)19(30)28-9-8-17-16(11-28)26-27-29(17)10-12-4-6-13(22)7-5-12/h1-9H,10-11H2. The van der Waals surface area contributed by atoms with Crippen LogP contribution >= 0.6 is 11.6 Å². The van der Waals surface area contributed by atoms with Crippen LogP contribution in [0, 0.1) is 5.82 Å². The highest BCUT2D eigenvalue weighted by molar-refractivity contribution is 6.34. The van der Waals surface area contributed by atoms with E-state index in [1.165, 1.54) is 29.3 Å². The van der Waals surface area contributed by atoms with Gasteiger partial charge >= 0.3 is 6.18 Å². The van der Waals surface area contributed by atoms with Gasteiger partial charge in [0.15, 0.2) is 0 Å². The van der Waals surface area contributed by atoms with Crippen molar-refractivity contribution in [3.63, 3.8) is 0 Å². The lowest BCUT2D eigenvalue weighted by molar-refractivity contribution is -0.137. The Morgan fingerprint density at radius 2 is 1.87 bits per heavy atom. The van der Waals surface area contributed by atoms with E-state index in [1.54, 1.807) is 22.9 Å². The molecule has 0 unspecified atom stereocenters. The molecule has 1 amide bonds. The number of fused-ring (bicyclic) bond motifs is 1. The number of rotatable bonds is 3. The van der Waals surface area contributed by atoms with Crippen LogP contribution in [-0.2, 0) is 19.3 Å². The molecule has 4 rings (SSSR count). The van der Waals surface area contributed by atoms with Crippen LogP contribution in [0.15, 0.2) is 48.7 Å². The fraction of sp³-hybridized carbons (Fsp3) is 0.150. The molecule has 0 saturated carbocycles. The molecule has 0 spiro atoms. The lowest BCUT2D eigenvalue weighted by Gasteiger charge is -2.22. The third kappa shape index (κ3) is 3.80. The van der Waals surface area contributed by atoms with E-state index in [0.29, 0.717) is 17.9 Å². The molecule has 3 aromatic rings. The van der Waals surface area contributed by atoms with Crippen molar-refractivity contribution in [1.29, 1.82) is 0 Å². The smallest absolute Gasteiger partial charge is 0.309 e. The van der Waals surface area contributed by atoms with Crippen LogP contribution in [0.25, 0.3) is 6.08 Å². The normalized spacial score (nSPS) is 13.4. The Hall–Kier alpha value is -3.20. The monoisotopic (exact) mass is 436 g/mol. The second-order valence-corrected chi connectivity index (χ2v) is 7.00. The number of halogens is 5. The molecular weight excluding hydrogens is 424 g/mol. The van der Waals surface area contributed by atoms with Crippen molar-refractivity contribution >= 4 is 23.6 Å². The van der Waals surface area contributed by atoms with E-state index < -0.39 is 22.7 Å². The number of alkyl halides is 3. The number of carbonyl (C=O) groups is 1. The predicted molar refractivity (Wildman–Crippen MR) is 101 cm³/mol. The average Bonchev–Trinajstić information content (AvgIpc) is 3.10. The molecule has 30 heavy (non-hydrogen) atoms. The first kappa shape index (κ1) is 20.1. The minimum absolute atomic E-state index is 0.0284. The van der Waals surface area contributed by atoms with E-state index in [1.807, 2.05) is 0 Å². The van der Waals surface area contributed by atoms with Crippen LogP contribution in [0.4, 0.5) is 17.6 Å². The number of nitrogens with zero attached hydrogens (tertiary/aromatic N) is 4. The summed E-state index contributed by atoms with van der Waals surface area (Å²) >= 11 is 5.86. The quantitative estimate of drug-likeness (QED) is 0.556. The highest BCUT2D eigenvalue weighted by Crippen LogP contribution is 2.36. The van der Waals surface area contributed by atoms with Gasteiger partial charge in [-0.15, -0.1) is 5.10 Å². The van der Waals surface area contributed by atoms with Crippen molar-refractivity contribution in [2.45, 2.75) is 19.3 Å². The van der Waals surface area contributed by atoms with Gasteiger partial charge in [-0.1, -0.05) is 35.0 Å². The van der Waals surface area contributed by atoms with E-state index in [0.717, 1.165) is 17.7 Å². The topological polar surface area (TPSA) is 51.0 Å². The second-order valence-electron chi connectivity index (χ2n) is 6.62. The summed E-state index contributed by atoms with van der Waals surface area (Å²) in [5.74, 6) is -1.03. The number of hydrogen-bond acceptors (Lipinski definition) is 3. The van der Waals surface area contributed by atoms with Crippen LogP contribution in [0.1, 0.15) is 32.9 Å². The van der Waals surface area contributed by atoms with Gasteiger partial charge in [-0.3, -0.25) is 4.79 Å². The van der Waals surface area contributed by atoms with Crippen molar-refractivity contribution in [2.75, 3.05) is 0 Å². The Morgan fingerprint density at radius 3 is 2.57 bits per heavy atom. The van der Waals surface area contributed by atoms with Crippen molar-refractivity contribution in [3.8, 4) is 0 Å². The van der Waals surface area contributed by atoms with Gasteiger partial charge in [-0.05, 0) is 35.9 Å². The molecule has 0 N–H and O–H groups in total. The van der Waals surface area contributed by atoms with E-state index in [-0.39, 0.29) is 17.9 Å². The van der Waals surface area contributed by atoms with E-state index in [9.17, 15) is 22.4 Å². The number of carbonyl (C=O) groups excluding carboxylic acids is 1. The summed E-state index contributed by atoms with van der Waals surface area (Å²) in [4.78, 5) is 14.0. The van der Waals surface area contributed by atoms with Gasteiger partial charge in [0.25, 0.3) is 5.91 Å². The van der Waals surface area contributed by atoms with Gasteiger partial charge in [0, 0.05) is 6.20 Å². The fourth-order valence-electron chi connectivity index (χ4n) is 3.12. The third-order valence-corrected chi connectivity index (χ3v) is 5.03. The maximum atomic E-state index is 13.1. The van der Waals surface area contributed by atoms with Crippen LogP contribution in [0.2, 0.25) is 5.02 Å². The van der Waals surface area contributed by atoms with E-state index >= 15 is 0 Å². The van der Waals surface area contributed by atoms with Gasteiger partial charge in [-0.25, -0.2) is 9.07 Å². The molecule has 0 fully saturated rings. The summed E-state index contributed by atoms with van der Waals surface area (Å²) in [6, 6.07) is 9.14. The highest BCUT2D eigenvalue weighted by Gasteiger charge is 2.35. The molecule has 0 radical (unpaired) electrons. The Labute approximate surface area is 173 Å². The molecule has 0 saturated heterocycles. The molecule has 1 aliphatic heterocycles. The minimum atomic E-state index is -4.67. The largest absolute Gasteiger partial charge is 0.417 e. The molecule has 10 heteroatoms. The Kier molecular flexibility index (Phi) is 5.07. The third-order valence-electron chi connectivity index (χ3n) is 4.62. The molecular formula is C20H13ClF4N4O. The van der Waals surface area contributed by atoms with Crippen LogP contribution in [0.3, 0.4) is 0 Å². The lowest BCUT2D eigenvalue weighted by Crippen LogP contribution is -2.28. The Bertz CT molecular complexity index is 1140. The van der Waals surface area contributed by atoms with Gasteiger partial charge in [0.1, 0.15) is 11.5 Å². The summed E-state index contributed by atoms with van der Waals surface area (Å²) < 4.78 is 53.9. The van der Waals surface area contributed by atoms with Crippen molar-refractivity contribution < 1.29 is 22.4 Å². The number of benzene rings is 2. The summed E-state index contributed by atoms with van der Waals surface area (Å²) in [5.41, 5.74) is 0.626. The molecule has 1 aliphatic rings. The average molecular weight is 437 g/mol. The van der Waals surface area contributed by atoms with E-state index in [2.05, 4.69) is 10.3 Å². The zero-order valence-electron chi connectivity index (χ0n) is 15.2. The molecule has 0 aliphatic carbocycles. The van der Waals surface area contributed by atoms with Crippen molar-refractivity contribution in [1.82, 2.24) is 19.9 Å². The summed E-state index contributed by atoms with van der Waals surface area (Å²) in [7, 11) is 0. The van der Waals surface area contributed by atoms with Crippen LogP contribution in [0.5, 0.6) is 0 Å². The minimum Gasteiger partial charge on any atom is -0.309 e. The Balaban J connectivity index is 1.56. The molecule has 5 nitrogen and oxygen atoms in total. The number of hydrogen-bond donors (Lipinski definition) is 0. The van der Waals surface area contributed by atoms with Gasteiger partial charge in [-0.2, -0.15) is 13.2 Å². The first-order valence-electron chi connectivity index (χ1n) is 8.76. The van der Waals surface area contributed by atoms with Gasteiger partial charge in [0.2, 0.25) is 0 Å². The second kappa shape index (κ2) is 7.56. The molecule has 1 aromatic heterocycles. The SMILES string of the molecule is O=C(c1cccc(C(F)(F)F)c1Cl)N1C=Cc2c(nnn2Cc2ccc(F)cc2)C1. The molecule has 2 heterocycles. The first-order valence-corrected chi connectivity index (χ1v) is 9.13. The molecule has 2 aromatic carbocycles. The first-order chi connectivity index (χ1) is 14.2. The maximum absolute atomic E-state index is 13.1. The zero-order chi connectivity index (χ0) is 21.5. The predicted octanol–water partition coefficient (Wildman–Crippen LogP) is 4.76.